The minimum atomic E-state index is -4.41. The van der Waals surface area contributed by atoms with Crippen LogP contribution in [0.4, 0.5) is 18.9 Å². The Morgan fingerprint density at radius 2 is 2.00 bits per heavy atom. The molecular formula is C14H18F3N3S. The summed E-state index contributed by atoms with van der Waals surface area (Å²) >= 11 is 1.61. The lowest BCUT2D eigenvalue weighted by molar-refractivity contribution is -0.141. The average Bonchev–Trinajstić information content (AvgIpc) is 2.48. The third-order valence-corrected chi connectivity index (χ3v) is 5.14. The molecule has 21 heavy (non-hydrogen) atoms. The van der Waals surface area contributed by atoms with Crippen LogP contribution in [0.1, 0.15) is 32.4 Å². The number of anilines is 1. The summed E-state index contributed by atoms with van der Waals surface area (Å²) in [5.74, 6) is 0.972. The number of aromatic nitrogens is 1. The Balaban J connectivity index is 2.02. The highest BCUT2D eigenvalue weighted by Crippen LogP contribution is 2.35. The fourth-order valence-corrected chi connectivity index (χ4v) is 3.35. The van der Waals surface area contributed by atoms with E-state index < -0.39 is 11.9 Å². The van der Waals surface area contributed by atoms with E-state index in [4.69, 9.17) is 0 Å². The first kappa shape index (κ1) is 16.1. The van der Waals surface area contributed by atoms with E-state index in [-0.39, 0.29) is 5.41 Å². The molecule has 7 heteroatoms. The standard InChI is InChI=1S/C14H18F3N3S/c1-3-13(4-2)8-19-12(21-9-13)20-10-5-6-11(18-7-10)14(15,16)17/h5-7H,3-4,8-9H2,1-2H3,(H,19,20). The number of thioether (sulfide) groups is 1. The van der Waals surface area contributed by atoms with E-state index in [0.717, 1.165) is 36.4 Å². The second-order valence-electron chi connectivity index (χ2n) is 5.17. The van der Waals surface area contributed by atoms with Crippen molar-refractivity contribution >= 4 is 22.6 Å². The molecule has 0 saturated carbocycles. The Morgan fingerprint density at radius 3 is 2.43 bits per heavy atom. The van der Waals surface area contributed by atoms with Crippen molar-refractivity contribution < 1.29 is 13.2 Å². The number of alkyl halides is 3. The van der Waals surface area contributed by atoms with Gasteiger partial charge in [0, 0.05) is 12.3 Å². The van der Waals surface area contributed by atoms with Gasteiger partial charge >= 0.3 is 6.18 Å². The van der Waals surface area contributed by atoms with Gasteiger partial charge in [-0.15, -0.1) is 0 Å². The number of halogens is 3. The molecule has 0 amide bonds. The van der Waals surface area contributed by atoms with E-state index >= 15 is 0 Å². The molecule has 2 rings (SSSR count). The first-order chi connectivity index (χ1) is 9.88. The SMILES string of the molecule is CCC1(CC)CN=C(Nc2ccc(C(F)(F)F)nc2)SC1. The molecule has 0 atom stereocenters. The van der Waals surface area contributed by atoms with E-state index in [1.807, 2.05) is 0 Å². The van der Waals surface area contributed by atoms with Gasteiger partial charge in [-0.25, -0.2) is 4.98 Å². The van der Waals surface area contributed by atoms with Crippen molar-refractivity contribution in [3.8, 4) is 0 Å². The molecule has 0 fully saturated rings. The Morgan fingerprint density at radius 1 is 1.29 bits per heavy atom. The highest BCUT2D eigenvalue weighted by Gasteiger charge is 2.32. The summed E-state index contributed by atoms with van der Waals surface area (Å²) in [6, 6.07) is 2.35. The van der Waals surface area contributed by atoms with Crippen LogP contribution in [-0.4, -0.2) is 22.4 Å². The third-order valence-electron chi connectivity index (χ3n) is 3.88. The number of hydrogen-bond donors (Lipinski definition) is 1. The van der Waals surface area contributed by atoms with Crippen LogP contribution in [0.15, 0.2) is 23.3 Å². The van der Waals surface area contributed by atoms with Crippen molar-refractivity contribution in [1.29, 1.82) is 0 Å². The fourth-order valence-electron chi connectivity index (χ4n) is 2.06. The van der Waals surface area contributed by atoms with Gasteiger partial charge in [-0.3, -0.25) is 4.99 Å². The van der Waals surface area contributed by atoms with Crippen LogP contribution in [-0.2, 0) is 6.18 Å². The highest BCUT2D eigenvalue weighted by molar-refractivity contribution is 8.14. The molecule has 0 aliphatic carbocycles. The minimum Gasteiger partial charge on any atom is -0.334 e. The van der Waals surface area contributed by atoms with Crippen molar-refractivity contribution in [3.05, 3.63) is 24.0 Å². The molecule has 1 N–H and O–H groups in total. The normalized spacial score (nSPS) is 18.2. The van der Waals surface area contributed by atoms with Crippen LogP contribution in [0.2, 0.25) is 0 Å². The lowest BCUT2D eigenvalue weighted by atomic mass is 9.84. The Kier molecular flexibility index (Phi) is 4.81. The summed E-state index contributed by atoms with van der Waals surface area (Å²) in [6.07, 6.45) is -1.06. The largest absolute Gasteiger partial charge is 0.433 e. The van der Waals surface area contributed by atoms with Crippen molar-refractivity contribution in [2.45, 2.75) is 32.9 Å². The predicted octanol–water partition coefficient (Wildman–Crippen LogP) is 4.42. The maximum absolute atomic E-state index is 12.4. The van der Waals surface area contributed by atoms with Crippen LogP contribution in [0, 0.1) is 5.41 Å². The van der Waals surface area contributed by atoms with Crippen molar-refractivity contribution in [1.82, 2.24) is 4.98 Å². The van der Waals surface area contributed by atoms with Gasteiger partial charge in [0.1, 0.15) is 5.69 Å². The molecule has 1 aliphatic heterocycles. The van der Waals surface area contributed by atoms with Crippen LogP contribution in [0.3, 0.4) is 0 Å². The topological polar surface area (TPSA) is 37.3 Å². The van der Waals surface area contributed by atoms with Gasteiger partial charge in [-0.1, -0.05) is 25.6 Å². The second-order valence-corrected chi connectivity index (χ2v) is 6.14. The lowest BCUT2D eigenvalue weighted by Gasteiger charge is -2.33. The van der Waals surface area contributed by atoms with E-state index in [2.05, 4.69) is 29.1 Å². The number of nitrogens with zero attached hydrogens (tertiary/aromatic N) is 2. The maximum atomic E-state index is 12.4. The monoisotopic (exact) mass is 317 g/mol. The summed E-state index contributed by atoms with van der Waals surface area (Å²) in [4.78, 5) is 7.93. The first-order valence-electron chi connectivity index (χ1n) is 6.86. The molecule has 0 bridgehead atoms. The number of hydrogen-bond acceptors (Lipinski definition) is 4. The van der Waals surface area contributed by atoms with Crippen LogP contribution >= 0.6 is 11.8 Å². The Labute approximate surface area is 126 Å². The van der Waals surface area contributed by atoms with Crippen molar-refractivity contribution in [2.24, 2.45) is 10.4 Å². The predicted molar refractivity (Wildman–Crippen MR) is 80.6 cm³/mol. The fraction of sp³-hybridized carbons (Fsp3) is 0.571. The quantitative estimate of drug-likeness (QED) is 0.896. The average molecular weight is 317 g/mol. The minimum absolute atomic E-state index is 0.244. The number of aliphatic imine (C=N–C) groups is 1. The molecule has 0 spiro atoms. The van der Waals surface area contributed by atoms with Gasteiger partial charge in [0.15, 0.2) is 5.17 Å². The molecule has 116 valence electrons. The summed E-state index contributed by atoms with van der Waals surface area (Å²) in [6.45, 7) is 5.08. The number of amidine groups is 1. The molecule has 0 unspecified atom stereocenters. The number of nitrogens with one attached hydrogen (secondary N) is 1. The van der Waals surface area contributed by atoms with E-state index in [9.17, 15) is 13.2 Å². The van der Waals surface area contributed by atoms with E-state index in [0.29, 0.717) is 5.69 Å². The zero-order valence-corrected chi connectivity index (χ0v) is 12.8. The number of pyridine rings is 1. The van der Waals surface area contributed by atoms with Gasteiger partial charge in [-0.2, -0.15) is 13.2 Å². The molecular weight excluding hydrogens is 299 g/mol. The maximum Gasteiger partial charge on any atom is 0.433 e. The smallest absolute Gasteiger partial charge is 0.334 e. The summed E-state index contributed by atoms with van der Waals surface area (Å²) in [7, 11) is 0. The molecule has 3 nitrogen and oxygen atoms in total. The van der Waals surface area contributed by atoms with Gasteiger partial charge in [-0.05, 0) is 30.4 Å². The van der Waals surface area contributed by atoms with E-state index in [1.54, 1.807) is 11.8 Å². The zero-order valence-electron chi connectivity index (χ0n) is 12.0. The van der Waals surface area contributed by atoms with E-state index in [1.165, 1.54) is 12.3 Å². The lowest BCUT2D eigenvalue weighted by Crippen LogP contribution is -2.32. The summed E-state index contributed by atoms with van der Waals surface area (Å²) < 4.78 is 37.3. The van der Waals surface area contributed by atoms with Gasteiger partial charge in [0.25, 0.3) is 0 Å². The Bertz CT molecular complexity index is 507. The molecule has 2 heterocycles. The van der Waals surface area contributed by atoms with Crippen molar-refractivity contribution in [2.75, 3.05) is 17.6 Å². The third kappa shape index (κ3) is 3.90. The molecule has 1 aliphatic rings. The van der Waals surface area contributed by atoms with Crippen LogP contribution < -0.4 is 5.32 Å². The van der Waals surface area contributed by atoms with Gasteiger partial charge < -0.3 is 5.32 Å². The highest BCUT2D eigenvalue weighted by atomic mass is 32.2. The molecule has 0 saturated heterocycles. The van der Waals surface area contributed by atoms with Crippen LogP contribution in [0.5, 0.6) is 0 Å². The molecule has 1 aromatic heterocycles. The molecule has 0 aromatic carbocycles. The van der Waals surface area contributed by atoms with Crippen molar-refractivity contribution in [3.63, 3.8) is 0 Å². The zero-order chi connectivity index (χ0) is 15.5. The van der Waals surface area contributed by atoms with Gasteiger partial charge in [0.05, 0.1) is 11.9 Å². The second kappa shape index (κ2) is 6.25. The molecule has 0 radical (unpaired) electrons. The Hall–Kier alpha value is -1.24. The summed E-state index contributed by atoms with van der Waals surface area (Å²) in [5.41, 5.74) is -0.120. The first-order valence-corrected chi connectivity index (χ1v) is 7.84. The molecule has 1 aromatic rings. The summed E-state index contributed by atoms with van der Waals surface area (Å²) in [5, 5.41) is 3.77. The number of rotatable bonds is 3. The van der Waals surface area contributed by atoms with Gasteiger partial charge in [0.2, 0.25) is 0 Å². The van der Waals surface area contributed by atoms with Crippen LogP contribution in [0.25, 0.3) is 0 Å².